The van der Waals surface area contributed by atoms with Crippen LogP contribution < -0.4 is 4.90 Å². The lowest BCUT2D eigenvalue weighted by Crippen LogP contribution is -2.32. The van der Waals surface area contributed by atoms with Crippen molar-refractivity contribution in [1.82, 2.24) is 4.98 Å². The highest BCUT2D eigenvalue weighted by atomic mass is 79.9. The summed E-state index contributed by atoms with van der Waals surface area (Å²) in [6, 6.07) is 4.36. The van der Waals surface area contributed by atoms with E-state index in [4.69, 9.17) is 5.11 Å². The first kappa shape index (κ1) is 12.5. The van der Waals surface area contributed by atoms with Gasteiger partial charge in [-0.3, -0.25) is 0 Å². The van der Waals surface area contributed by atoms with Crippen LogP contribution in [-0.4, -0.2) is 29.3 Å². The monoisotopic (exact) mass is 272 g/mol. The van der Waals surface area contributed by atoms with Gasteiger partial charge in [-0.25, -0.2) is 4.98 Å². The number of aliphatic hydroxyl groups is 1. The number of nitrogens with zero attached hydrogens (tertiary/aromatic N) is 2. The molecule has 0 aliphatic carbocycles. The van der Waals surface area contributed by atoms with E-state index >= 15 is 0 Å². The highest BCUT2D eigenvalue weighted by Crippen LogP contribution is 2.17. The average Bonchev–Trinajstić information content (AvgIpc) is 2.21. The summed E-state index contributed by atoms with van der Waals surface area (Å²) < 4.78 is 0.983. The molecule has 1 aromatic rings. The van der Waals surface area contributed by atoms with Gasteiger partial charge in [0.1, 0.15) is 5.82 Å². The zero-order valence-corrected chi connectivity index (χ0v) is 10.7. The molecule has 0 bridgehead atoms. The molecule has 0 unspecified atom stereocenters. The molecule has 1 heterocycles. The summed E-state index contributed by atoms with van der Waals surface area (Å²) in [5, 5.41) is 8.83. The molecule has 1 N–H and O–H groups in total. The van der Waals surface area contributed by atoms with E-state index in [1.807, 2.05) is 12.1 Å². The van der Waals surface area contributed by atoms with Gasteiger partial charge in [-0.05, 0) is 48.3 Å². The number of pyridine rings is 1. The van der Waals surface area contributed by atoms with Crippen molar-refractivity contribution in [2.24, 2.45) is 0 Å². The molecule has 0 spiro atoms. The molecule has 0 aliphatic rings. The first-order valence-corrected chi connectivity index (χ1v) is 5.93. The van der Waals surface area contributed by atoms with Crippen LogP contribution in [0.4, 0.5) is 5.82 Å². The van der Waals surface area contributed by atoms with Gasteiger partial charge >= 0.3 is 0 Å². The Balaban J connectivity index is 2.74. The summed E-state index contributed by atoms with van der Waals surface area (Å²) in [5.41, 5.74) is 0. The third-order valence-electron chi connectivity index (χ3n) is 2.19. The van der Waals surface area contributed by atoms with Crippen molar-refractivity contribution >= 4 is 21.7 Å². The minimum atomic E-state index is 0.222. The third-order valence-corrected chi connectivity index (χ3v) is 2.66. The second-order valence-electron chi connectivity index (χ2n) is 3.70. The summed E-state index contributed by atoms with van der Waals surface area (Å²) in [6.45, 7) is 5.31. The Bertz CT molecular complexity index is 287. The fraction of sp³-hybridized carbons (Fsp3) is 0.545. The second-order valence-corrected chi connectivity index (χ2v) is 4.61. The molecule has 1 rings (SSSR count). The molecule has 84 valence electrons. The first-order chi connectivity index (χ1) is 7.15. The fourth-order valence-corrected chi connectivity index (χ4v) is 1.65. The Hall–Kier alpha value is -0.610. The molecule has 0 radical (unpaired) electrons. The van der Waals surface area contributed by atoms with Gasteiger partial charge in [-0.15, -0.1) is 0 Å². The van der Waals surface area contributed by atoms with Crippen LogP contribution in [0.15, 0.2) is 22.8 Å². The number of rotatable bonds is 5. The smallest absolute Gasteiger partial charge is 0.128 e. The number of aliphatic hydroxyl groups excluding tert-OH is 1. The van der Waals surface area contributed by atoms with Crippen LogP contribution in [0.5, 0.6) is 0 Å². The van der Waals surface area contributed by atoms with Crippen LogP contribution in [0.3, 0.4) is 0 Å². The summed E-state index contributed by atoms with van der Waals surface area (Å²) in [7, 11) is 0. The van der Waals surface area contributed by atoms with Crippen LogP contribution in [0, 0.1) is 0 Å². The first-order valence-electron chi connectivity index (χ1n) is 5.14. The normalized spacial score (nSPS) is 10.7. The highest BCUT2D eigenvalue weighted by Gasteiger charge is 2.10. The van der Waals surface area contributed by atoms with Crippen LogP contribution >= 0.6 is 15.9 Å². The fourth-order valence-electron chi connectivity index (χ4n) is 1.42. The predicted molar refractivity (Wildman–Crippen MR) is 66.1 cm³/mol. The molecule has 0 aliphatic heterocycles. The van der Waals surface area contributed by atoms with E-state index in [1.165, 1.54) is 0 Å². The Kier molecular flexibility index (Phi) is 5.05. The number of hydrogen-bond donors (Lipinski definition) is 1. The summed E-state index contributed by atoms with van der Waals surface area (Å²) in [6.07, 6.45) is 2.57. The van der Waals surface area contributed by atoms with E-state index in [0.717, 1.165) is 23.3 Å². The van der Waals surface area contributed by atoms with E-state index in [2.05, 4.69) is 39.7 Å². The van der Waals surface area contributed by atoms with Gasteiger partial charge in [0.25, 0.3) is 0 Å². The van der Waals surface area contributed by atoms with Gasteiger partial charge in [-0.1, -0.05) is 0 Å². The molecule has 3 nitrogen and oxygen atoms in total. The van der Waals surface area contributed by atoms with Crippen molar-refractivity contribution in [3.05, 3.63) is 22.8 Å². The summed E-state index contributed by atoms with van der Waals surface area (Å²) >= 11 is 3.36. The van der Waals surface area contributed by atoms with Crippen molar-refractivity contribution in [3.63, 3.8) is 0 Å². The van der Waals surface area contributed by atoms with Crippen LogP contribution in [0.25, 0.3) is 0 Å². The predicted octanol–water partition coefficient (Wildman–Crippen LogP) is 2.44. The molecule has 0 saturated heterocycles. The van der Waals surface area contributed by atoms with Gasteiger partial charge < -0.3 is 10.0 Å². The van der Waals surface area contributed by atoms with Crippen molar-refractivity contribution in [3.8, 4) is 0 Å². The average molecular weight is 273 g/mol. The largest absolute Gasteiger partial charge is 0.396 e. The number of hydrogen-bond acceptors (Lipinski definition) is 3. The lowest BCUT2D eigenvalue weighted by molar-refractivity contribution is 0.288. The van der Waals surface area contributed by atoms with E-state index in [9.17, 15) is 0 Å². The second kappa shape index (κ2) is 6.08. The molecule has 0 atom stereocenters. The molecule has 4 heteroatoms. The standard InChI is InChI=1S/C11H17BrN2O/c1-9(2)14(6-3-7-15)11-5-4-10(12)8-13-11/h4-5,8-9,15H,3,6-7H2,1-2H3. The zero-order valence-electron chi connectivity index (χ0n) is 9.15. The topological polar surface area (TPSA) is 36.4 Å². The van der Waals surface area contributed by atoms with Crippen LogP contribution in [0.1, 0.15) is 20.3 Å². The minimum Gasteiger partial charge on any atom is -0.396 e. The van der Waals surface area contributed by atoms with Gasteiger partial charge in [0.2, 0.25) is 0 Å². The van der Waals surface area contributed by atoms with Crippen molar-refractivity contribution < 1.29 is 5.11 Å². The maximum atomic E-state index is 8.83. The van der Waals surface area contributed by atoms with Gasteiger partial charge in [0, 0.05) is 29.9 Å². The molecule has 1 aromatic heterocycles. The number of halogens is 1. The van der Waals surface area contributed by atoms with E-state index in [-0.39, 0.29) is 6.61 Å². The van der Waals surface area contributed by atoms with Gasteiger partial charge in [0.05, 0.1) is 0 Å². The van der Waals surface area contributed by atoms with E-state index in [0.29, 0.717) is 6.04 Å². The lowest BCUT2D eigenvalue weighted by Gasteiger charge is -2.27. The molecule has 0 saturated carbocycles. The molecular formula is C11H17BrN2O. The minimum absolute atomic E-state index is 0.222. The molecule has 0 aromatic carbocycles. The van der Waals surface area contributed by atoms with E-state index in [1.54, 1.807) is 6.20 Å². The van der Waals surface area contributed by atoms with Gasteiger partial charge in [0.15, 0.2) is 0 Å². The van der Waals surface area contributed by atoms with Gasteiger partial charge in [-0.2, -0.15) is 0 Å². The lowest BCUT2D eigenvalue weighted by atomic mass is 10.2. The van der Waals surface area contributed by atoms with Crippen LogP contribution in [-0.2, 0) is 0 Å². The number of anilines is 1. The van der Waals surface area contributed by atoms with Crippen molar-refractivity contribution in [2.75, 3.05) is 18.1 Å². The van der Waals surface area contributed by atoms with E-state index < -0.39 is 0 Å². The van der Waals surface area contributed by atoms with Crippen molar-refractivity contribution in [1.29, 1.82) is 0 Å². The molecule has 0 fully saturated rings. The number of aromatic nitrogens is 1. The maximum absolute atomic E-state index is 8.83. The maximum Gasteiger partial charge on any atom is 0.128 e. The Labute approximate surface area is 99.3 Å². The van der Waals surface area contributed by atoms with Crippen molar-refractivity contribution in [2.45, 2.75) is 26.3 Å². The Morgan fingerprint density at radius 3 is 2.67 bits per heavy atom. The Morgan fingerprint density at radius 1 is 1.47 bits per heavy atom. The quantitative estimate of drug-likeness (QED) is 0.895. The molecule has 15 heavy (non-hydrogen) atoms. The highest BCUT2D eigenvalue weighted by molar-refractivity contribution is 9.10. The third kappa shape index (κ3) is 3.80. The SMILES string of the molecule is CC(C)N(CCCO)c1ccc(Br)cn1. The Morgan fingerprint density at radius 2 is 2.20 bits per heavy atom. The molecular weight excluding hydrogens is 256 g/mol. The summed E-state index contributed by atoms with van der Waals surface area (Å²) in [4.78, 5) is 6.53. The van der Waals surface area contributed by atoms with Crippen LogP contribution in [0.2, 0.25) is 0 Å². The molecule has 0 amide bonds. The zero-order chi connectivity index (χ0) is 11.3. The summed E-state index contributed by atoms with van der Waals surface area (Å²) in [5.74, 6) is 0.960.